The second-order valence-electron chi connectivity index (χ2n) is 5.20. The van der Waals surface area contributed by atoms with Crippen LogP contribution in [0.2, 0.25) is 0 Å². The van der Waals surface area contributed by atoms with E-state index in [1.807, 2.05) is 26.1 Å². The summed E-state index contributed by atoms with van der Waals surface area (Å²) in [6.07, 6.45) is 2.58. The van der Waals surface area contributed by atoms with Gasteiger partial charge in [0.2, 0.25) is 5.91 Å². The first-order valence-corrected chi connectivity index (χ1v) is 7.87. The van der Waals surface area contributed by atoms with Crippen LogP contribution in [0.3, 0.4) is 0 Å². The lowest BCUT2D eigenvalue weighted by Crippen LogP contribution is -2.29. The van der Waals surface area contributed by atoms with Gasteiger partial charge in [0.25, 0.3) is 5.91 Å². The zero-order valence-corrected chi connectivity index (χ0v) is 14.5. The molecule has 22 heavy (non-hydrogen) atoms. The summed E-state index contributed by atoms with van der Waals surface area (Å²) in [6, 6.07) is 1.97. The van der Waals surface area contributed by atoms with Crippen molar-refractivity contribution in [1.29, 1.82) is 0 Å². The van der Waals surface area contributed by atoms with Crippen LogP contribution in [0.25, 0.3) is 5.65 Å². The summed E-state index contributed by atoms with van der Waals surface area (Å²) in [6.45, 7) is 6.31. The van der Waals surface area contributed by atoms with Gasteiger partial charge in [-0.25, -0.2) is 4.98 Å². The third kappa shape index (κ3) is 3.65. The number of carbonyl (C=O) groups excluding carboxylic acids is 2. The highest BCUT2D eigenvalue weighted by molar-refractivity contribution is 9.10. The molecule has 0 aromatic carbocycles. The van der Waals surface area contributed by atoms with Crippen molar-refractivity contribution in [3.63, 3.8) is 0 Å². The van der Waals surface area contributed by atoms with Crippen LogP contribution in [0.5, 0.6) is 0 Å². The molecule has 0 saturated heterocycles. The fraction of sp³-hybridized carbons (Fsp3) is 0.400. The van der Waals surface area contributed by atoms with Crippen LogP contribution in [0.1, 0.15) is 35.1 Å². The van der Waals surface area contributed by atoms with Crippen molar-refractivity contribution in [2.75, 3.05) is 13.1 Å². The molecule has 2 rings (SSSR count). The summed E-state index contributed by atoms with van der Waals surface area (Å²) < 4.78 is 2.66. The lowest BCUT2D eigenvalue weighted by Gasteiger charge is -2.07. The lowest BCUT2D eigenvalue weighted by atomic mass is 10.3. The van der Waals surface area contributed by atoms with Gasteiger partial charge >= 0.3 is 0 Å². The lowest BCUT2D eigenvalue weighted by molar-refractivity contribution is -0.118. The molecule has 0 spiro atoms. The normalized spacial score (nSPS) is 10.7. The van der Waals surface area contributed by atoms with E-state index in [4.69, 9.17) is 0 Å². The van der Waals surface area contributed by atoms with Gasteiger partial charge in [-0.2, -0.15) is 0 Å². The zero-order valence-electron chi connectivity index (χ0n) is 12.9. The molecule has 6 nitrogen and oxygen atoms in total. The van der Waals surface area contributed by atoms with Crippen molar-refractivity contribution >= 4 is 33.4 Å². The number of hydrogen-bond acceptors (Lipinski definition) is 3. The first kappa shape index (κ1) is 16.5. The molecular formula is C15H19BrN4O2. The van der Waals surface area contributed by atoms with Crippen molar-refractivity contribution < 1.29 is 9.59 Å². The number of amides is 2. The van der Waals surface area contributed by atoms with E-state index >= 15 is 0 Å². The second-order valence-corrected chi connectivity index (χ2v) is 6.05. The van der Waals surface area contributed by atoms with Crippen LogP contribution in [-0.2, 0) is 4.79 Å². The number of rotatable bonds is 5. The third-order valence-corrected chi connectivity index (χ3v) is 3.80. The van der Waals surface area contributed by atoms with E-state index in [9.17, 15) is 9.59 Å². The first-order chi connectivity index (χ1) is 10.4. The summed E-state index contributed by atoms with van der Waals surface area (Å²) in [5, 5.41) is 5.56. The van der Waals surface area contributed by atoms with E-state index in [0.717, 1.165) is 15.7 Å². The van der Waals surface area contributed by atoms with Gasteiger partial charge in [0.05, 0.1) is 10.2 Å². The Balaban J connectivity index is 2.11. The molecule has 2 N–H and O–H groups in total. The van der Waals surface area contributed by atoms with Gasteiger partial charge in [-0.3, -0.25) is 14.0 Å². The highest BCUT2D eigenvalue weighted by Gasteiger charge is 2.17. The molecule has 2 aromatic rings. The Hall–Kier alpha value is -1.89. The van der Waals surface area contributed by atoms with E-state index in [0.29, 0.717) is 30.9 Å². The van der Waals surface area contributed by atoms with E-state index in [-0.39, 0.29) is 11.8 Å². The van der Waals surface area contributed by atoms with Crippen molar-refractivity contribution in [2.24, 2.45) is 0 Å². The molecule has 0 unspecified atom stereocenters. The number of nitrogens with zero attached hydrogens (tertiary/aromatic N) is 2. The number of aryl methyl sites for hydroxylation is 2. The van der Waals surface area contributed by atoms with Gasteiger partial charge in [0, 0.05) is 26.2 Å². The molecule has 0 aliphatic carbocycles. The quantitative estimate of drug-likeness (QED) is 0.794. The highest BCUT2D eigenvalue weighted by Crippen LogP contribution is 2.22. The average molecular weight is 367 g/mol. The van der Waals surface area contributed by atoms with E-state index in [2.05, 4.69) is 31.5 Å². The summed E-state index contributed by atoms with van der Waals surface area (Å²) in [7, 11) is 0. The number of carbonyl (C=O) groups is 2. The van der Waals surface area contributed by atoms with Crippen LogP contribution in [-0.4, -0.2) is 34.3 Å². The Morgan fingerprint density at radius 1 is 1.27 bits per heavy atom. The maximum Gasteiger partial charge on any atom is 0.270 e. The van der Waals surface area contributed by atoms with Crippen LogP contribution < -0.4 is 10.6 Å². The smallest absolute Gasteiger partial charge is 0.270 e. The molecule has 2 heterocycles. The van der Waals surface area contributed by atoms with Crippen LogP contribution >= 0.6 is 15.9 Å². The van der Waals surface area contributed by atoms with Crippen LogP contribution in [0, 0.1) is 13.8 Å². The fourth-order valence-electron chi connectivity index (χ4n) is 2.26. The predicted molar refractivity (Wildman–Crippen MR) is 88.0 cm³/mol. The molecule has 0 radical (unpaired) electrons. The maximum absolute atomic E-state index is 12.4. The first-order valence-electron chi connectivity index (χ1n) is 7.07. The number of pyridine rings is 1. The second kappa shape index (κ2) is 6.91. The molecule has 118 valence electrons. The summed E-state index contributed by atoms with van der Waals surface area (Å²) in [5.74, 6) is -0.227. The molecular weight excluding hydrogens is 348 g/mol. The maximum atomic E-state index is 12.4. The number of fused-ring (bicyclic) bond motifs is 1. The summed E-state index contributed by atoms with van der Waals surface area (Å²) in [5.41, 5.74) is 2.99. The summed E-state index contributed by atoms with van der Waals surface area (Å²) >= 11 is 3.48. The zero-order chi connectivity index (χ0) is 16.3. The molecule has 0 atom stereocenters. The number of halogens is 1. The Morgan fingerprint density at radius 3 is 2.64 bits per heavy atom. The van der Waals surface area contributed by atoms with Crippen molar-refractivity contribution in [3.05, 3.63) is 33.7 Å². The SMILES string of the molecule is CC(=O)NCCCNC(=O)c1c(C)nc2c(Br)cc(C)cn12. The standard InChI is InChI=1S/C15H19BrN4O2/c1-9-7-12(16)14-19-10(2)13(20(14)8-9)15(22)18-6-4-5-17-11(3)21/h7-8H,4-6H2,1-3H3,(H,17,21)(H,18,22). The van der Waals surface area contributed by atoms with Crippen LogP contribution in [0.15, 0.2) is 16.7 Å². The molecule has 0 aliphatic rings. The molecule has 0 aliphatic heterocycles. The minimum atomic E-state index is -0.162. The number of hydrogen-bond donors (Lipinski definition) is 2. The summed E-state index contributed by atoms with van der Waals surface area (Å²) in [4.78, 5) is 27.6. The Labute approximate surface area is 137 Å². The van der Waals surface area contributed by atoms with Crippen molar-refractivity contribution in [2.45, 2.75) is 27.2 Å². The molecule has 7 heteroatoms. The predicted octanol–water partition coefficient (Wildman–Crippen LogP) is 1.97. The molecule has 2 amide bonds. The average Bonchev–Trinajstić information content (AvgIpc) is 2.74. The number of imidazole rings is 1. The highest BCUT2D eigenvalue weighted by atomic mass is 79.9. The van der Waals surface area contributed by atoms with Gasteiger partial charge < -0.3 is 10.6 Å². The van der Waals surface area contributed by atoms with Gasteiger partial charge in [-0.1, -0.05) is 0 Å². The Morgan fingerprint density at radius 2 is 1.95 bits per heavy atom. The van der Waals surface area contributed by atoms with Crippen LogP contribution in [0.4, 0.5) is 0 Å². The largest absolute Gasteiger partial charge is 0.356 e. The minimum absolute atomic E-state index is 0.0655. The molecule has 0 bridgehead atoms. The van der Waals surface area contributed by atoms with Crippen molar-refractivity contribution in [1.82, 2.24) is 20.0 Å². The molecule has 0 saturated carbocycles. The Bertz CT molecular complexity index is 724. The monoisotopic (exact) mass is 366 g/mol. The van der Waals surface area contributed by atoms with E-state index < -0.39 is 0 Å². The minimum Gasteiger partial charge on any atom is -0.356 e. The Kier molecular flexibility index (Phi) is 5.18. The fourth-order valence-corrected chi connectivity index (χ4v) is 2.90. The van der Waals surface area contributed by atoms with E-state index in [1.165, 1.54) is 6.92 Å². The van der Waals surface area contributed by atoms with Gasteiger partial charge in [-0.15, -0.1) is 0 Å². The van der Waals surface area contributed by atoms with Gasteiger partial charge in [0.15, 0.2) is 5.65 Å². The van der Waals surface area contributed by atoms with E-state index in [1.54, 1.807) is 4.40 Å². The number of aromatic nitrogens is 2. The van der Waals surface area contributed by atoms with Crippen molar-refractivity contribution in [3.8, 4) is 0 Å². The number of nitrogens with one attached hydrogen (secondary N) is 2. The molecule has 2 aromatic heterocycles. The molecule has 0 fully saturated rings. The van der Waals surface area contributed by atoms with Gasteiger partial charge in [0.1, 0.15) is 5.69 Å². The van der Waals surface area contributed by atoms with Gasteiger partial charge in [-0.05, 0) is 47.8 Å². The third-order valence-electron chi connectivity index (χ3n) is 3.21. The topological polar surface area (TPSA) is 75.5 Å².